The average molecular weight is 731 g/mol. The molecule has 0 saturated carbocycles. The Labute approximate surface area is 284 Å². The minimum Gasteiger partial charge on any atom is -0.382 e. The second kappa shape index (κ2) is 16.7. The van der Waals surface area contributed by atoms with Crippen LogP contribution in [0.4, 0.5) is 0 Å². The fourth-order valence-electron chi connectivity index (χ4n) is 7.62. The second-order valence-electron chi connectivity index (χ2n) is 13.8. The number of phosphoric acid groups is 1. The van der Waals surface area contributed by atoms with E-state index >= 15 is 0 Å². The van der Waals surface area contributed by atoms with Gasteiger partial charge < -0.3 is 46.9 Å². The Morgan fingerprint density at radius 2 is 1.38 bits per heavy atom. The van der Waals surface area contributed by atoms with Crippen LogP contribution in [0.25, 0.3) is 0 Å². The third-order valence-electron chi connectivity index (χ3n) is 10.0. The highest BCUT2D eigenvalue weighted by Crippen LogP contribution is 2.59. The summed E-state index contributed by atoms with van der Waals surface area (Å²) in [6, 6.07) is 0. The minimum atomic E-state index is -3.66. The topological polar surface area (TPSA) is 154 Å². The van der Waals surface area contributed by atoms with Crippen molar-refractivity contribution in [3.63, 3.8) is 0 Å². The van der Waals surface area contributed by atoms with Crippen LogP contribution < -0.4 is 0 Å². The largest absolute Gasteiger partial charge is 0.475 e. The fourth-order valence-corrected chi connectivity index (χ4v) is 11.1. The normalized spacial score (nSPS) is 48.6. The first kappa shape index (κ1) is 39.2. The summed E-state index contributed by atoms with van der Waals surface area (Å²) in [5.41, 5.74) is -0.723. The van der Waals surface area contributed by atoms with Crippen LogP contribution in [0.2, 0.25) is 0 Å². The molecule has 0 aromatic rings. The van der Waals surface area contributed by atoms with Crippen LogP contribution >= 0.6 is 15.4 Å². The van der Waals surface area contributed by atoms with Crippen molar-refractivity contribution in [3.8, 4) is 0 Å². The Morgan fingerprint density at radius 1 is 0.729 bits per heavy atom. The van der Waals surface area contributed by atoms with Gasteiger partial charge in [-0.05, 0) is 34.1 Å². The van der Waals surface area contributed by atoms with E-state index in [1.165, 1.54) is 0 Å². The molecule has 0 radical (unpaired) electrons. The zero-order chi connectivity index (χ0) is 34.7. The summed E-state index contributed by atoms with van der Waals surface area (Å²) in [5.74, 6) is 0.241. The molecule has 6 aliphatic rings. The maximum absolute atomic E-state index is 13.0. The van der Waals surface area contributed by atoms with E-state index in [0.29, 0.717) is 25.8 Å². The number of hydrogen-bond donors (Lipinski definition) is 0. The van der Waals surface area contributed by atoms with Crippen molar-refractivity contribution >= 4 is 15.4 Å². The summed E-state index contributed by atoms with van der Waals surface area (Å²) in [7, 11) is -0.297. The van der Waals surface area contributed by atoms with E-state index in [4.69, 9.17) is 60.5 Å². The Hall–Kier alpha value is -0.0600. The van der Waals surface area contributed by atoms with E-state index in [0.717, 1.165) is 19.3 Å². The quantitative estimate of drug-likeness (QED) is 0.264. The van der Waals surface area contributed by atoms with Crippen molar-refractivity contribution in [1.82, 2.24) is 0 Å². The number of ether oxygens (including phenoxy) is 8. The summed E-state index contributed by atoms with van der Waals surface area (Å²) >= 11 is 0. The van der Waals surface area contributed by atoms with Crippen molar-refractivity contribution in [2.75, 3.05) is 67.6 Å². The number of phosphoric ester groups is 1. The Morgan fingerprint density at radius 3 is 1.98 bits per heavy atom. The zero-order valence-electron chi connectivity index (χ0n) is 29.5. The number of hydrogen-bond acceptors (Lipinski definition) is 15. The third-order valence-corrected chi connectivity index (χ3v) is 13.4. The van der Waals surface area contributed by atoms with Crippen LogP contribution in [0.3, 0.4) is 0 Å². The summed E-state index contributed by atoms with van der Waals surface area (Å²) in [6.45, 7) is 9.14. The Balaban J connectivity index is 0.000000188. The molecule has 6 aliphatic heterocycles. The van der Waals surface area contributed by atoms with E-state index in [1.807, 2.05) is 27.7 Å². The molecule has 6 fully saturated rings. The number of rotatable bonds is 12. The summed E-state index contributed by atoms with van der Waals surface area (Å²) in [5, 5.41) is 0. The number of fused-ring (bicyclic) bond motifs is 2. The van der Waals surface area contributed by atoms with Gasteiger partial charge in [0.1, 0.15) is 36.1 Å². The predicted molar refractivity (Wildman–Crippen MR) is 171 cm³/mol. The van der Waals surface area contributed by atoms with Crippen LogP contribution in [0.5, 0.6) is 0 Å². The van der Waals surface area contributed by atoms with Crippen LogP contribution in [-0.4, -0.2) is 140 Å². The lowest BCUT2D eigenvalue weighted by Crippen LogP contribution is -2.51. The molecular weight excluding hydrogens is 674 g/mol. The van der Waals surface area contributed by atoms with E-state index in [-0.39, 0.29) is 92.9 Å². The van der Waals surface area contributed by atoms with Gasteiger partial charge in [-0.15, -0.1) is 0 Å². The van der Waals surface area contributed by atoms with Gasteiger partial charge in [-0.2, -0.15) is 0 Å². The average Bonchev–Trinajstić information content (AvgIpc) is 3.78. The van der Waals surface area contributed by atoms with Crippen LogP contribution in [0, 0.1) is 5.92 Å². The maximum atomic E-state index is 13.0. The Bertz CT molecular complexity index is 1090. The van der Waals surface area contributed by atoms with Gasteiger partial charge in [0.05, 0.1) is 75.8 Å². The highest BCUT2D eigenvalue weighted by molar-refractivity contribution is 7.53. The van der Waals surface area contributed by atoms with Gasteiger partial charge in [0.25, 0.3) is 0 Å². The van der Waals surface area contributed by atoms with Gasteiger partial charge >= 0.3 is 15.4 Å². The van der Waals surface area contributed by atoms with Crippen LogP contribution in [0.1, 0.15) is 53.4 Å². The first-order valence-corrected chi connectivity index (χ1v) is 20.2. The molecule has 48 heavy (non-hydrogen) atoms. The van der Waals surface area contributed by atoms with Gasteiger partial charge in [0.15, 0.2) is 0 Å². The second-order valence-corrected chi connectivity index (χ2v) is 17.5. The standard InChI is InChI=1S/C16H29O7P.C15H27O8P/c1-10-7-13(19-4)14(21-10)9-20-24(17)6-5-12-11(2)22-15(8-18-3)16(12)23-24;1-10-5-12(18-4)13(21-10)7-19-24(16)20-9-15(8-17-3)14(23-24)6-11(2)22-15/h10-16H,5-9H2,1-4H3;10-14H,5-9H2,1-4H3/t10-,11-,12-,13-,14+,15+,16-,24?;10-,11-,12-,13+,14-,15-,24?/m00/s1. The highest BCUT2D eigenvalue weighted by atomic mass is 31.2. The van der Waals surface area contributed by atoms with E-state index in [1.54, 1.807) is 28.4 Å². The van der Waals surface area contributed by atoms with Crippen molar-refractivity contribution in [2.24, 2.45) is 5.92 Å². The molecule has 2 unspecified atom stereocenters. The van der Waals surface area contributed by atoms with Crippen LogP contribution in [0.15, 0.2) is 0 Å². The molecule has 0 N–H and O–H groups in total. The smallest absolute Gasteiger partial charge is 0.382 e. The molecular formula is C31H56O15P2. The van der Waals surface area contributed by atoms with Crippen molar-refractivity contribution in [1.29, 1.82) is 0 Å². The summed E-state index contributed by atoms with van der Waals surface area (Å²) in [4.78, 5) is 0. The molecule has 6 rings (SSSR count). The molecule has 17 heteroatoms. The molecule has 6 saturated heterocycles. The van der Waals surface area contributed by atoms with E-state index < -0.39 is 21.0 Å². The fraction of sp³-hybridized carbons (Fsp3) is 1.00. The molecule has 6 heterocycles. The van der Waals surface area contributed by atoms with Crippen LogP contribution in [-0.2, 0) is 69.6 Å². The zero-order valence-corrected chi connectivity index (χ0v) is 31.3. The molecule has 0 spiro atoms. The first-order chi connectivity index (χ1) is 22.8. The molecule has 15 nitrogen and oxygen atoms in total. The monoisotopic (exact) mass is 730 g/mol. The van der Waals surface area contributed by atoms with Crippen molar-refractivity contribution in [3.05, 3.63) is 0 Å². The molecule has 0 bridgehead atoms. The molecule has 0 aliphatic carbocycles. The first-order valence-electron chi connectivity index (χ1n) is 17.0. The van der Waals surface area contributed by atoms with Crippen molar-refractivity contribution in [2.45, 2.75) is 126 Å². The van der Waals surface area contributed by atoms with E-state index in [2.05, 4.69) is 0 Å². The van der Waals surface area contributed by atoms with Gasteiger partial charge in [-0.25, -0.2) is 4.57 Å². The van der Waals surface area contributed by atoms with Gasteiger partial charge in [-0.1, -0.05) is 0 Å². The Kier molecular flexibility index (Phi) is 13.7. The summed E-state index contributed by atoms with van der Waals surface area (Å²) < 4.78 is 98.7. The molecule has 15 atom stereocenters. The van der Waals surface area contributed by atoms with Gasteiger partial charge in [-0.3, -0.25) is 18.1 Å². The minimum absolute atomic E-state index is 0.0165. The SMILES string of the molecule is COC[C@H]1O[C@@H](C)[C@@H]2CCP(=O)(OC[C@H]3O[C@@H](C)C[C@@H]3OC)O[C@@H]21.COC[C@]12COP(=O)(OC[C@H]3O[C@@H](C)C[C@@H]3OC)O[C@H]1C[C@H](C)O2. The molecule has 0 aromatic carbocycles. The lowest BCUT2D eigenvalue weighted by atomic mass is 9.94. The number of methoxy groups -OCH3 is 4. The lowest BCUT2D eigenvalue weighted by molar-refractivity contribution is -0.160. The summed E-state index contributed by atoms with van der Waals surface area (Å²) in [6.07, 6.45) is 2.28. The molecule has 0 aromatic heterocycles. The van der Waals surface area contributed by atoms with E-state index in [9.17, 15) is 9.13 Å². The lowest BCUT2D eigenvalue weighted by Gasteiger charge is -2.39. The van der Waals surface area contributed by atoms with Gasteiger partial charge in [0.2, 0.25) is 0 Å². The maximum Gasteiger partial charge on any atom is 0.475 e. The van der Waals surface area contributed by atoms with Gasteiger partial charge in [0, 0.05) is 53.6 Å². The third kappa shape index (κ3) is 9.11. The molecule has 0 amide bonds. The predicted octanol–water partition coefficient (Wildman–Crippen LogP) is 4.14. The molecule has 280 valence electrons. The highest BCUT2D eigenvalue weighted by Gasteiger charge is 2.57. The van der Waals surface area contributed by atoms with Crippen molar-refractivity contribution < 1.29 is 69.6 Å².